The van der Waals surface area contributed by atoms with Crippen LogP contribution in [0.15, 0.2) is 0 Å². The predicted octanol–water partition coefficient (Wildman–Crippen LogP) is 3.76. The molecular weight excluding hydrogens is 277 g/mol. The van der Waals surface area contributed by atoms with Gasteiger partial charge in [0.2, 0.25) is 0 Å². The van der Waals surface area contributed by atoms with Gasteiger partial charge < -0.3 is 10.1 Å². The number of nitrogens with one attached hydrogen (secondary N) is 1. The van der Waals surface area contributed by atoms with Crippen LogP contribution in [0.2, 0.25) is 0 Å². The number of rotatable bonds is 6. The van der Waals surface area contributed by atoms with Crippen LogP contribution in [0.1, 0.15) is 48.9 Å². The maximum atomic E-state index is 12.9. The Morgan fingerprint density at radius 1 is 1.37 bits per heavy atom. The summed E-state index contributed by atoms with van der Waals surface area (Å²) in [5.41, 5.74) is -0.795. The fourth-order valence-corrected chi connectivity index (χ4v) is 2.79. The van der Waals surface area contributed by atoms with Gasteiger partial charge >= 0.3 is 6.18 Å². The van der Waals surface area contributed by atoms with Crippen molar-refractivity contribution < 1.29 is 17.9 Å². The first-order chi connectivity index (χ1) is 8.79. The molecule has 3 nitrogen and oxygen atoms in total. The molecule has 7 heteroatoms. The van der Waals surface area contributed by atoms with E-state index in [1.165, 1.54) is 7.11 Å². The number of methoxy groups -OCH3 is 1. The largest absolute Gasteiger partial charge is 0.434 e. The first-order valence-corrected chi connectivity index (χ1v) is 6.94. The van der Waals surface area contributed by atoms with Crippen LogP contribution in [0.5, 0.6) is 0 Å². The minimum atomic E-state index is -4.42. The highest BCUT2D eigenvalue weighted by Crippen LogP contribution is 2.37. The molecule has 0 aliphatic heterocycles. The van der Waals surface area contributed by atoms with Crippen LogP contribution in [0.4, 0.5) is 13.2 Å². The van der Waals surface area contributed by atoms with E-state index in [1.54, 1.807) is 0 Å². The summed E-state index contributed by atoms with van der Waals surface area (Å²) in [4.78, 5) is 3.94. The highest BCUT2D eigenvalue weighted by Gasteiger charge is 2.38. The Kier molecular flexibility index (Phi) is 5.76. The smallest absolute Gasteiger partial charge is 0.374 e. The number of hydrogen-bond donors (Lipinski definition) is 1. The van der Waals surface area contributed by atoms with E-state index in [0.29, 0.717) is 11.4 Å². The maximum absolute atomic E-state index is 12.9. The number of thiazole rings is 1. The van der Waals surface area contributed by atoms with Gasteiger partial charge in [0.05, 0.1) is 4.88 Å². The minimum absolute atomic E-state index is 0.121. The average Bonchev–Trinajstić information content (AvgIpc) is 2.72. The van der Waals surface area contributed by atoms with Crippen molar-refractivity contribution in [2.45, 2.75) is 52.1 Å². The van der Waals surface area contributed by atoms with Crippen LogP contribution in [-0.4, -0.2) is 18.1 Å². The molecule has 0 aromatic carbocycles. The normalized spacial score (nSPS) is 14.1. The number of halogens is 3. The van der Waals surface area contributed by atoms with Crippen molar-refractivity contribution in [2.75, 3.05) is 7.11 Å². The van der Waals surface area contributed by atoms with Crippen molar-refractivity contribution >= 4 is 11.3 Å². The molecule has 0 radical (unpaired) electrons. The highest BCUT2D eigenvalue weighted by molar-refractivity contribution is 7.11. The highest BCUT2D eigenvalue weighted by atomic mass is 32.1. The molecule has 0 saturated heterocycles. The molecule has 1 rings (SSSR count). The van der Waals surface area contributed by atoms with Gasteiger partial charge in [0.1, 0.15) is 11.1 Å². The van der Waals surface area contributed by atoms with Crippen molar-refractivity contribution in [1.82, 2.24) is 10.3 Å². The molecular formula is C12H19F3N2OS. The lowest BCUT2D eigenvalue weighted by Crippen LogP contribution is -2.23. The molecule has 0 fully saturated rings. The third kappa shape index (κ3) is 4.43. The monoisotopic (exact) mass is 296 g/mol. The Labute approximate surface area is 115 Å². The maximum Gasteiger partial charge on any atom is 0.434 e. The van der Waals surface area contributed by atoms with Gasteiger partial charge in [-0.1, -0.05) is 20.8 Å². The Bertz CT molecular complexity index is 400. The molecule has 1 heterocycles. The van der Waals surface area contributed by atoms with Crippen LogP contribution in [0.25, 0.3) is 0 Å². The lowest BCUT2D eigenvalue weighted by molar-refractivity contribution is -0.141. The van der Waals surface area contributed by atoms with Crippen LogP contribution >= 0.6 is 11.3 Å². The summed E-state index contributed by atoms with van der Waals surface area (Å²) in [7, 11) is 1.48. The minimum Gasteiger partial charge on any atom is -0.374 e. The van der Waals surface area contributed by atoms with Gasteiger partial charge in [-0.15, -0.1) is 11.3 Å². The van der Waals surface area contributed by atoms with Gasteiger partial charge in [0.15, 0.2) is 5.69 Å². The zero-order valence-corrected chi connectivity index (χ0v) is 12.3. The van der Waals surface area contributed by atoms with E-state index in [0.717, 1.165) is 11.3 Å². The summed E-state index contributed by atoms with van der Waals surface area (Å²) in [5, 5.41) is 3.38. The predicted molar refractivity (Wildman–Crippen MR) is 69.1 cm³/mol. The first-order valence-electron chi connectivity index (χ1n) is 6.12. The summed E-state index contributed by atoms with van der Waals surface area (Å²) in [6, 6.07) is 0.121. The third-order valence-corrected chi connectivity index (χ3v) is 3.73. The van der Waals surface area contributed by atoms with Crippen LogP contribution in [0.3, 0.4) is 0 Å². The molecule has 0 bridgehead atoms. The number of alkyl halides is 3. The molecule has 0 saturated carbocycles. The molecule has 110 valence electrons. The topological polar surface area (TPSA) is 34.1 Å². The van der Waals surface area contributed by atoms with E-state index in [1.807, 2.05) is 20.8 Å². The standard InChI is InChI=1S/C12H19F3N2OS/c1-5-8(18-4)11-17-10(12(13,14)15)9(19-11)6-16-7(2)3/h7-8,16H,5-6H2,1-4H3. The quantitative estimate of drug-likeness (QED) is 0.868. The van der Waals surface area contributed by atoms with Crippen LogP contribution < -0.4 is 5.32 Å². The van der Waals surface area contributed by atoms with Gasteiger partial charge in [0.25, 0.3) is 0 Å². The summed E-state index contributed by atoms with van der Waals surface area (Å²) in [5.74, 6) is 0. The van der Waals surface area contributed by atoms with Crippen molar-refractivity contribution in [1.29, 1.82) is 0 Å². The second kappa shape index (κ2) is 6.67. The Morgan fingerprint density at radius 2 is 2.00 bits per heavy atom. The zero-order valence-electron chi connectivity index (χ0n) is 11.5. The van der Waals surface area contributed by atoms with E-state index >= 15 is 0 Å². The van der Waals surface area contributed by atoms with Gasteiger partial charge in [-0.05, 0) is 6.42 Å². The van der Waals surface area contributed by atoms with Gasteiger partial charge in [-0.3, -0.25) is 0 Å². The molecule has 1 N–H and O–H groups in total. The number of nitrogens with zero attached hydrogens (tertiary/aromatic N) is 1. The molecule has 0 spiro atoms. The average molecular weight is 296 g/mol. The molecule has 1 unspecified atom stereocenters. The Morgan fingerprint density at radius 3 is 2.42 bits per heavy atom. The molecule has 0 aliphatic rings. The summed E-state index contributed by atoms with van der Waals surface area (Å²) in [6.45, 7) is 5.80. The van der Waals surface area contributed by atoms with Gasteiger partial charge in [-0.2, -0.15) is 13.2 Å². The molecule has 0 aliphatic carbocycles. The second-order valence-corrected chi connectivity index (χ2v) is 5.61. The molecule has 19 heavy (non-hydrogen) atoms. The number of hydrogen-bond acceptors (Lipinski definition) is 4. The number of ether oxygens (including phenoxy) is 1. The fraction of sp³-hybridized carbons (Fsp3) is 0.750. The SMILES string of the molecule is CCC(OC)c1nc(C(F)(F)F)c(CNC(C)C)s1. The lowest BCUT2D eigenvalue weighted by atomic mass is 10.3. The van der Waals surface area contributed by atoms with Crippen molar-refractivity contribution in [3.63, 3.8) is 0 Å². The van der Waals surface area contributed by atoms with E-state index < -0.39 is 11.9 Å². The van der Waals surface area contributed by atoms with E-state index in [-0.39, 0.29) is 23.6 Å². The molecule has 1 aromatic heterocycles. The van der Waals surface area contributed by atoms with E-state index in [2.05, 4.69) is 10.3 Å². The van der Waals surface area contributed by atoms with Crippen molar-refractivity contribution in [3.8, 4) is 0 Å². The Hall–Kier alpha value is -0.660. The Balaban J connectivity index is 3.05. The summed E-state index contributed by atoms with van der Waals surface area (Å²) < 4.78 is 44.0. The van der Waals surface area contributed by atoms with Crippen molar-refractivity contribution in [2.24, 2.45) is 0 Å². The fourth-order valence-electron chi connectivity index (χ4n) is 1.59. The van der Waals surface area contributed by atoms with E-state index in [9.17, 15) is 13.2 Å². The molecule has 1 aromatic rings. The van der Waals surface area contributed by atoms with Gasteiger partial charge in [-0.25, -0.2) is 4.98 Å². The zero-order chi connectivity index (χ0) is 14.6. The van der Waals surface area contributed by atoms with Gasteiger partial charge in [0, 0.05) is 19.7 Å². The number of aromatic nitrogens is 1. The second-order valence-electron chi connectivity index (χ2n) is 4.49. The summed E-state index contributed by atoms with van der Waals surface area (Å²) in [6.07, 6.45) is -4.20. The van der Waals surface area contributed by atoms with Crippen LogP contribution in [0, 0.1) is 0 Å². The lowest BCUT2D eigenvalue weighted by Gasteiger charge is -2.09. The van der Waals surface area contributed by atoms with Crippen LogP contribution in [-0.2, 0) is 17.5 Å². The third-order valence-electron chi connectivity index (χ3n) is 2.58. The molecule has 0 amide bonds. The first kappa shape index (κ1) is 16.4. The molecule has 1 atom stereocenters. The van der Waals surface area contributed by atoms with Crippen molar-refractivity contribution in [3.05, 3.63) is 15.6 Å². The summed E-state index contributed by atoms with van der Waals surface area (Å²) >= 11 is 1.07. The van der Waals surface area contributed by atoms with E-state index in [4.69, 9.17) is 4.74 Å².